The molecule has 160 valence electrons. The summed E-state index contributed by atoms with van der Waals surface area (Å²) in [5, 5.41) is 3.41. The van der Waals surface area contributed by atoms with Crippen LogP contribution in [0.4, 0.5) is 8.78 Å². The fraction of sp³-hybridized carbons (Fsp3) is 0.348. The molecule has 3 rings (SSSR count). The molecule has 0 amide bonds. The molecule has 0 saturated heterocycles. The van der Waals surface area contributed by atoms with E-state index in [4.69, 9.17) is 10.5 Å². The number of ether oxygens (including phenoxy) is 1. The van der Waals surface area contributed by atoms with Gasteiger partial charge in [-0.2, -0.15) is 0 Å². The van der Waals surface area contributed by atoms with E-state index in [1.165, 1.54) is 18.2 Å². The van der Waals surface area contributed by atoms with Crippen molar-refractivity contribution >= 4 is 11.3 Å². The molecule has 0 aliphatic carbocycles. The van der Waals surface area contributed by atoms with Crippen molar-refractivity contribution in [3.63, 3.8) is 0 Å². The van der Waals surface area contributed by atoms with Crippen LogP contribution in [-0.4, -0.2) is 22.0 Å². The number of imidazole rings is 1. The van der Waals surface area contributed by atoms with Gasteiger partial charge in [0.1, 0.15) is 18.2 Å². The van der Waals surface area contributed by atoms with E-state index >= 15 is 0 Å². The molecule has 1 aromatic carbocycles. The zero-order chi connectivity index (χ0) is 21.7. The van der Waals surface area contributed by atoms with E-state index in [1.807, 2.05) is 17.5 Å². The summed E-state index contributed by atoms with van der Waals surface area (Å²) in [6, 6.07) is 7.41. The van der Waals surface area contributed by atoms with Gasteiger partial charge in [0.2, 0.25) is 0 Å². The number of rotatable bonds is 10. The van der Waals surface area contributed by atoms with Crippen molar-refractivity contribution in [2.75, 3.05) is 6.54 Å². The zero-order valence-electron chi connectivity index (χ0n) is 17.4. The summed E-state index contributed by atoms with van der Waals surface area (Å²) in [6.45, 7) is 8.50. The molecule has 0 fully saturated rings. The number of nitrogens with zero attached hydrogens (tertiary/aromatic N) is 2. The number of unbranched alkanes of at least 4 members (excludes halogenated alkanes) is 1. The highest BCUT2D eigenvalue weighted by atomic mass is 19.1. The van der Waals surface area contributed by atoms with Crippen molar-refractivity contribution in [2.45, 2.75) is 45.8 Å². The van der Waals surface area contributed by atoms with E-state index in [2.05, 4.69) is 23.8 Å². The smallest absolute Gasteiger partial charge is 0.180 e. The molecule has 2 aromatic heterocycles. The summed E-state index contributed by atoms with van der Waals surface area (Å²) in [5.41, 5.74) is 8.66. The van der Waals surface area contributed by atoms with Crippen molar-refractivity contribution < 1.29 is 13.5 Å². The number of nitrogens with two attached hydrogens (primary N) is 1. The third-order valence-electron chi connectivity index (χ3n) is 5.08. The van der Waals surface area contributed by atoms with E-state index in [0.29, 0.717) is 17.9 Å². The number of hydrogen-bond acceptors (Lipinski definition) is 4. The lowest BCUT2D eigenvalue weighted by molar-refractivity contribution is 0.294. The highest BCUT2D eigenvalue weighted by molar-refractivity contribution is 5.68. The minimum absolute atomic E-state index is 0.115. The highest BCUT2D eigenvalue weighted by Gasteiger charge is 2.18. The van der Waals surface area contributed by atoms with Gasteiger partial charge in [-0.3, -0.25) is 4.40 Å². The monoisotopic (exact) mass is 414 g/mol. The first-order chi connectivity index (χ1) is 14.5. The van der Waals surface area contributed by atoms with Crippen molar-refractivity contribution in [1.29, 1.82) is 0 Å². The maximum absolute atomic E-state index is 13.9. The van der Waals surface area contributed by atoms with Gasteiger partial charge in [-0.15, -0.1) is 0 Å². The minimum atomic E-state index is -0.639. The molecule has 5 nitrogen and oxygen atoms in total. The summed E-state index contributed by atoms with van der Waals surface area (Å²) >= 11 is 0. The van der Waals surface area contributed by atoms with Gasteiger partial charge in [-0.1, -0.05) is 32.4 Å². The molecular formula is C23H28F2N4O. The number of benzene rings is 1. The molecule has 0 aliphatic heterocycles. The maximum Gasteiger partial charge on any atom is 0.180 e. The lowest BCUT2D eigenvalue weighted by Gasteiger charge is -2.20. The first-order valence-corrected chi connectivity index (χ1v) is 10.2. The standard InChI is InChI=1S/C23H28F2N4O/c1-4-5-8-17(13-26)27-15(2)22-16(3)28-23-21(11-7-12-29(22)23)30-14-18-19(24)9-6-10-20(18)25/h6-7,9-12,17,27H,2,4-5,8,13-14,26H2,1,3H3. The van der Waals surface area contributed by atoms with Crippen molar-refractivity contribution in [2.24, 2.45) is 5.73 Å². The summed E-state index contributed by atoms with van der Waals surface area (Å²) in [5.74, 6) is -0.844. The Morgan fingerprint density at radius 2 is 2.00 bits per heavy atom. The summed E-state index contributed by atoms with van der Waals surface area (Å²) in [7, 11) is 0. The van der Waals surface area contributed by atoms with Crippen LogP contribution in [0.15, 0.2) is 43.1 Å². The number of halogens is 2. The Morgan fingerprint density at radius 3 is 2.67 bits per heavy atom. The molecular weight excluding hydrogens is 386 g/mol. The van der Waals surface area contributed by atoms with E-state index in [9.17, 15) is 8.78 Å². The second-order valence-corrected chi connectivity index (χ2v) is 7.30. The second kappa shape index (κ2) is 9.71. The Morgan fingerprint density at radius 1 is 1.27 bits per heavy atom. The number of aryl methyl sites for hydroxylation is 1. The Labute approximate surface area is 175 Å². The van der Waals surface area contributed by atoms with Gasteiger partial charge in [0.25, 0.3) is 0 Å². The first-order valence-electron chi connectivity index (χ1n) is 10.2. The molecule has 0 bridgehead atoms. The van der Waals surface area contributed by atoms with Gasteiger partial charge in [0.15, 0.2) is 11.4 Å². The fourth-order valence-corrected chi connectivity index (χ4v) is 3.47. The van der Waals surface area contributed by atoms with E-state index in [0.717, 1.165) is 36.3 Å². The largest absolute Gasteiger partial charge is 0.485 e. The molecule has 7 heteroatoms. The van der Waals surface area contributed by atoms with Crippen LogP contribution in [0.3, 0.4) is 0 Å². The molecule has 1 atom stereocenters. The van der Waals surface area contributed by atoms with Crippen LogP contribution in [0.1, 0.15) is 43.1 Å². The van der Waals surface area contributed by atoms with Crippen LogP contribution < -0.4 is 15.8 Å². The number of pyridine rings is 1. The van der Waals surface area contributed by atoms with Gasteiger partial charge in [-0.25, -0.2) is 13.8 Å². The third kappa shape index (κ3) is 4.62. The summed E-state index contributed by atoms with van der Waals surface area (Å²) in [6.07, 6.45) is 5.00. The van der Waals surface area contributed by atoms with Gasteiger partial charge in [-0.05, 0) is 37.6 Å². The lowest BCUT2D eigenvalue weighted by Crippen LogP contribution is -2.35. The summed E-state index contributed by atoms with van der Waals surface area (Å²) < 4.78 is 35.4. The van der Waals surface area contributed by atoms with Crippen LogP contribution in [0, 0.1) is 18.6 Å². The fourth-order valence-electron chi connectivity index (χ4n) is 3.47. The Kier molecular flexibility index (Phi) is 7.05. The minimum Gasteiger partial charge on any atom is -0.485 e. The molecule has 0 spiro atoms. The van der Waals surface area contributed by atoms with Crippen LogP contribution >= 0.6 is 0 Å². The average molecular weight is 415 g/mol. The number of hydrogen-bond donors (Lipinski definition) is 2. The van der Waals surface area contributed by atoms with E-state index < -0.39 is 11.6 Å². The predicted octanol–water partition coefficient (Wildman–Crippen LogP) is 4.58. The van der Waals surface area contributed by atoms with Crippen molar-refractivity contribution in [1.82, 2.24) is 14.7 Å². The molecule has 0 radical (unpaired) electrons. The van der Waals surface area contributed by atoms with Gasteiger partial charge < -0.3 is 15.8 Å². The van der Waals surface area contributed by atoms with E-state index in [-0.39, 0.29) is 18.2 Å². The normalized spacial score (nSPS) is 12.2. The molecule has 0 aliphatic rings. The number of aromatic nitrogens is 2. The van der Waals surface area contributed by atoms with Crippen LogP contribution in [-0.2, 0) is 6.61 Å². The number of fused-ring (bicyclic) bond motifs is 1. The Balaban J connectivity index is 1.85. The molecule has 1 unspecified atom stereocenters. The number of nitrogens with one attached hydrogen (secondary N) is 1. The van der Waals surface area contributed by atoms with Crippen LogP contribution in [0.2, 0.25) is 0 Å². The quantitative estimate of drug-likeness (QED) is 0.510. The Bertz CT molecular complexity index is 1010. The van der Waals surface area contributed by atoms with Gasteiger partial charge in [0.05, 0.1) is 22.6 Å². The van der Waals surface area contributed by atoms with Gasteiger partial charge >= 0.3 is 0 Å². The van der Waals surface area contributed by atoms with Crippen LogP contribution in [0.5, 0.6) is 5.75 Å². The van der Waals surface area contributed by atoms with Crippen LogP contribution in [0.25, 0.3) is 11.3 Å². The molecule has 30 heavy (non-hydrogen) atoms. The lowest BCUT2D eigenvalue weighted by atomic mass is 10.1. The third-order valence-corrected chi connectivity index (χ3v) is 5.08. The first kappa shape index (κ1) is 21.8. The zero-order valence-corrected chi connectivity index (χ0v) is 17.4. The molecule has 3 N–H and O–H groups in total. The Hall–Kier alpha value is -2.93. The summed E-state index contributed by atoms with van der Waals surface area (Å²) in [4.78, 5) is 4.60. The molecule has 3 aromatic rings. The van der Waals surface area contributed by atoms with Gasteiger partial charge in [0, 0.05) is 18.8 Å². The van der Waals surface area contributed by atoms with E-state index in [1.54, 1.807) is 12.1 Å². The highest BCUT2D eigenvalue weighted by Crippen LogP contribution is 2.26. The molecule has 2 heterocycles. The van der Waals surface area contributed by atoms with Crippen molar-refractivity contribution in [3.05, 3.63) is 71.7 Å². The maximum atomic E-state index is 13.9. The predicted molar refractivity (Wildman–Crippen MR) is 115 cm³/mol. The van der Waals surface area contributed by atoms with Crippen molar-refractivity contribution in [3.8, 4) is 5.75 Å². The topological polar surface area (TPSA) is 64.6 Å². The average Bonchev–Trinajstić information content (AvgIpc) is 3.07. The molecule has 0 saturated carbocycles. The SMILES string of the molecule is C=C(NC(CN)CCCC)c1c(C)nc2c(OCc3c(F)cccc3F)cccn12. The second-order valence-electron chi connectivity index (χ2n) is 7.30.